The lowest BCUT2D eigenvalue weighted by atomic mass is 10.1. The Hall–Kier alpha value is -1.86. The van der Waals surface area contributed by atoms with Crippen molar-refractivity contribution < 1.29 is 13.9 Å². The molecule has 0 aliphatic carbocycles. The van der Waals surface area contributed by atoms with Gasteiger partial charge >= 0.3 is 0 Å². The number of rotatable bonds is 2. The second kappa shape index (κ2) is 5.64. The lowest BCUT2D eigenvalue weighted by Gasteiger charge is -2.26. The first-order valence-electron chi connectivity index (χ1n) is 6.21. The van der Waals surface area contributed by atoms with E-state index in [1.165, 1.54) is 12.1 Å². The number of amides is 1. The van der Waals surface area contributed by atoms with Crippen LogP contribution in [0.3, 0.4) is 0 Å². The number of benzene rings is 1. The van der Waals surface area contributed by atoms with E-state index in [9.17, 15) is 9.18 Å². The molecule has 3 rings (SSSR count). The number of nitrogens with zero attached hydrogens (tertiary/aromatic N) is 3. The summed E-state index contributed by atoms with van der Waals surface area (Å²) < 4.78 is 22.0. The molecule has 1 saturated heterocycles. The Balaban J connectivity index is 1.89. The quantitative estimate of drug-likeness (QED) is 0.847. The van der Waals surface area contributed by atoms with Gasteiger partial charge in [-0.2, -0.15) is 0 Å². The lowest BCUT2D eigenvalue weighted by Crippen LogP contribution is -2.40. The van der Waals surface area contributed by atoms with Crippen LogP contribution in [0.1, 0.15) is 9.67 Å². The van der Waals surface area contributed by atoms with Crippen LogP contribution in [0, 0.1) is 5.82 Å². The molecule has 104 valence electrons. The van der Waals surface area contributed by atoms with E-state index in [1.54, 1.807) is 17.0 Å². The van der Waals surface area contributed by atoms with Gasteiger partial charge in [-0.05, 0) is 35.8 Å². The van der Waals surface area contributed by atoms with Crippen LogP contribution in [0.25, 0.3) is 11.3 Å². The third-order valence-corrected chi connectivity index (χ3v) is 3.81. The lowest BCUT2D eigenvalue weighted by molar-refractivity contribution is 0.0306. The third kappa shape index (κ3) is 2.54. The molecule has 2 aromatic rings. The van der Waals surface area contributed by atoms with Crippen molar-refractivity contribution in [1.29, 1.82) is 0 Å². The molecule has 0 unspecified atom stereocenters. The van der Waals surface area contributed by atoms with Crippen molar-refractivity contribution in [3.8, 4) is 11.3 Å². The number of carbonyl (C=O) groups is 1. The summed E-state index contributed by atoms with van der Waals surface area (Å²) in [5.74, 6) is -0.416. The fourth-order valence-corrected chi connectivity index (χ4v) is 2.69. The number of halogens is 1. The average molecular weight is 293 g/mol. The molecule has 1 aliphatic rings. The fourth-order valence-electron chi connectivity index (χ4n) is 2.04. The van der Waals surface area contributed by atoms with Crippen LogP contribution in [0.2, 0.25) is 0 Å². The van der Waals surface area contributed by atoms with Gasteiger partial charge in [0.1, 0.15) is 16.4 Å². The third-order valence-electron chi connectivity index (χ3n) is 3.10. The second-order valence-electron chi connectivity index (χ2n) is 4.36. The first-order valence-corrected chi connectivity index (χ1v) is 6.98. The Bertz CT molecular complexity index is 608. The highest BCUT2D eigenvalue weighted by molar-refractivity contribution is 7.08. The second-order valence-corrected chi connectivity index (χ2v) is 5.12. The molecule has 0 spiro atoms. The van der Waals surface area contributed by atoms with Crippen LogP contribution in [-0.2, 0) is 4.74 Å². The van der Waals surface area contributed by atoms with Crippen molar-refractivity contribution in [1.82, 2.24) is 14.5 Å². The number of aromatic nitrogens is 2. The molecule has 1 aromatic carbocycles. The van der Waals surface area contributed by atoms with E-state index in [1.807, 2.05) is 0 Å². The Morgan fingerprint density at radius 3 is 2.65 bits per heavy atom. The maximum atomic E-state index is 13.0. The van der Waals surface area contributed by atoms with E-state index in [-0.39, 0.29) is 11.7 Å². The number of carbonyl (C=O) groups excluding carboxylic acids is 1. The molecule has 1 aliphatic heterocycles. The van der Waals surface area contributed by atoms with E-state index >= 15 is 0 Å². The van der Waals surface area contributed by atoms with Crippen LogP contribution in [-0.4, -0.2) is 46.7 Å². The summed E-state index contributed by atoms with van der Waals surface area (Å²) in [6.45, 7) is 2.23. The monoisotopic (exact) mass is 293 g/mol. The van der Waals surface area contributed by atoms with Gasteiger partial charge in [-0.1, -0.05) is 4.49 Å². The summed E-state index contributed by atoms with van der Waals surface area (Å²) in [7, 11) is 0. The van der Waals surface area contributed by atoms with E-state index in [0.717, 1.165) is 11.5 Å². The number of hydrogen-bond acceptors (Lipinski definition) is 5. The molecule has 0 bridgehead atoms. The summed E-state index contributed by atoms with van der Waals surface area (Å²) in [5.41, 5.74) is 1.20. The summed E-state index contributed by atoms with van der Waals surface area (Å²) in [5, 5.41) is 4.00. The molecule has 20 heavy (non-hydrogen) atoms. The highest BCUT2D eigenvalue weighted by Gasteiger charge is 2.24. The van der Waals surface area contributed by atoms with Crippen molar-refractivity contribution >= 4 is 17.4 Å². The Morgan fingerprint density at radius 1 is 1.25 bits per heavy atom. The number of morpholine rings is 1. The molecule has 0 radical (unpaired) electrons. The smallest absolute Gasteiger partial charge is 0.268 e. The predicted molar refractivity (Wildman–Crippen MR) is 72.0 cm³/mol. The van der Waals surface area contributed by atoms with E-state index in [2.05, 4.69) is 9.59 Å². The zero-order valence-electron chi connectivity index (χ0n) is 10.6. The summed E-state index contributed by atoms with van der Waals surface area (Å²) in [6.07, 6.45) is 0. The minimum atomic E-state index is -0.321. The van der Waals surface area contributed by atoms with Gasteiger partial charge in [0.2, 0.25) is 0 Å². The summed E-state index contributed by atoms with van der Waals surface area (Å²) in [6, 6.07) is 5.89. The van der Waals surface area contributed by atoms with Crippen LogP contribution < -0.4 is 0 Å². The van der Waals surface area contributed by atoms with E-state index < -0.39 is 0 Å². The van der Waals surface area contributed by atoms with Crippen molar-refractivity contribution in [2.24, 2.45) is 0 Å². The molecule has 1 fully saturated rings. The Labute approximate surface area is 119 Å². The summed E-state index contributed by atoms with van der Waals surface area (Å²) >= 11 is 1.06. The van der Waals surface area contributed by atoms with Gasteiger partial charge in [0.15, 0.2) is 0 Å². The van der Waals surface area contributed by atoms with Gasteiger partial charge in [0.25, 0.3) is 5.91 Å². The zero-order chi connectivity index (χ0) is 13.9. The molecule has 2 heterocycles. The molecular weight excluding hydrogens is 281 g/mol. The standard InChI is InChI=1S/C13H12FN3O2S/c14-10-3-1-9(2-4-10)11-12(20-16-15-11)13(18)17-5-7-19-8-6-17/h1-4H,5-8H2. The van der Waals surface area contributed by atoms with Gasteiger partial charge in [0.05, 0.1) is 13.2 Å². The first kappa shape index (κ1) is 13.1. The number of ether oxygens (including phenoxy) is 1. The molecule has 7 heteroatoms. The largest absolute Gasteiger partial charge is 0.378 e. The highest BCUT2D eigenvalue weighted by Crippen LogP contribution is 2.25. The van der Waals surface area contributed by atoms with Crippen molar-refractivity contribution in [2.75, 3.05) is 26.3 Å². The minimum Gasteiger partial charge on any atom is -0.378 e. The fraction of sp³-hybridized carbons (Fsp3) is 0.308. The molecule has 0 N–H and O–H groups in total. The molecule has 0 atom stereocenters. The van der Waals surface area contributed by atoms with Gasteiger partial charge in [-0.3, -0.25) is 4.79 Å². The molecule has 1 aromatic heterocycles. The van der Waals surface area contributed by atoms with Gasteiger partial charge in [-0.15, -0.1) is 5.10 Å². The van der Waals surface area contributed by atoms with Crippen LogP contribution >= 0.6 is 11.5 Å². The van der Waals surface area contributed by atoms with Crippen LogP contribution in [0.4, 0.5) is 4.39 Å². The maximum Gasteiger partial charge on any atom is 0.268 e. The first-order chi connectivity index (χ1) is 9.75. The maximum absolute atomic E-state index is 13.0. The molecule has 1 amide bonds. The topological polar surface area (TPSA) is 55.3 Å². The Morgan fingerprint density at radius 2 is 1.95 bits per heavy atom. The minimum absolute atomic E-state index is 0.0948. The van der Waals surface area contributed by atoms with E-state index in [4.69, 9.17) is 4.74 Å². The zero-order valence-corrected chi connectivity index (χ0v) is 11.4. The SMILES string of the molecule is O=C(c1snnc1-c1ccc(F)cc1)N1CCOCC1. The summed E-state index contributed by atoms with van der Waals surface area (Å²) in [4.78, 5) is 14.7. The number of hydrogen-bond donors (Lipinski definition) is 0. The van der Waals surface area contributed by atoms with Crippen molar-refractivity contribution in [3.63, 3.8) is 0 Å². The van der Waals surface area contributed by atoms with Gasteiger partial charge < -0.3 is 9.64 Å². The molecule has 5 nitrogen and oxygen atoms in total. The van der Waals surface area contributed by atoms with Crippen molar-refractivity contribution in [3.05, 3.63) is 35.0 Å². The van der Waals surface area contributed by atoms with Gasteiger partial charge in [-0.25, -0.2) is 4.39 Å². The Kier molecular flexibility index (Phi) is 3.70. The normalized spacial score (nSPS) is 15.3. The predicted octanol–water partition coefficient (Wildman–Crippen LogP) is 1.82. The van der Waals surface area contributed by atoms with Crippen LogP contribution in [0.15, 0.2) is 24.3 Å². The molecular formula is C13H12FN3O2S. The average Bonchev–Trinajstić information content (AvgIpc) is 2.97. The van der Waals surface area contributed by atoms with E-state index in [0.29, 0.717) is 42.4 Å². The molecule has 0 saturated carbocycles. The van der Waals surface area contributed by atoms with Crippen LogP contribution in [0.5, 0.6) is 0 Å². The van der Waals surface area contributed by atoms with Crippen molar-refractivity contribution in [2.45, 2.75) is 0 Å². The highest BCUT2D eigenvalue weighted by atomic mass is 32.1. The van der Waals surface area contributed by atoms with Gasteiger partial charge in [0, 0.05) is 18.7 Å².